The first kappa shape index (κ1) is 18.8. The highest BCUT2D eigenvalue weighted by Crippen LogP contribution is 2.25. The molecule has 4 rings (SSSR count). The standard InChI is InChI=1S/C22H27N3O3/c1-14-4-7-21(28-14)20(25-8-10-27-11-9-25)13-23-22(26)17-5-6-19-18(12-17)15(2)16(3)24-19/h4-7,12,20,24H,8-11,13H2,1-3H3,(H,23,26). The molecule has 0 bridgehead atoms. The molecular formula is C22H27N3O3. The lowest BCUT2D eigenvalue weighted by atomic mass is 10.1. The van der Waals surface area contributed by atoms with E-state index in [1.807, 2.05) is 44.2 Å². The van der Waals surface area contributed by atoms with Crippen molar-refractivity contribution in [3.63, 3.8) is 0 Å². The summed E-state index contributed by atoms with van der Waals surface area (Å²) in [5.74, 6) is 1.69. The molecule has 148 valence electrons. The molecule has 2 N–H and O–H groups in total. The van der Waals surface area contributed by atoms with E-state index in [4.69, 9.17) is 9.15 Å². The van der Waals surface area contributed by atoms with Gasteiger partial charge in [-0.3, -0.25) is 9.69 Å². The van der Waals surface area contributed by atoms with Gasteiger partial charge in [0.15, 0.2) is 0 Å². The molecule has 1 aromatic carbocycles. The van der Waals surface area contributed by atoms with Crippen molar-refractivity contribution < 1.29 is 13.9 Å². The van der Waals surface area contributed by atoms with Gasteiger partial charge in [0.25, 0.3) is 5.91 Å². The summed E-state index contributed by atoms with van der Waals surface area (Å²) in [4.78, 5) is 18.5. The van der Waals surface area contributed by atoms with E-state index in [0.717, 1.165) is 41.2 Å². The average molecular weight is 381 g/mol. The molecule has 0 saturated carbocycles. The van der Waals surface area contributed by atoms with Crippen molar-refractivity contribution in [1.82, 2.24) is 15.2 Å². The van der Waals surface area contributed by atoms with E-state index in [0.29, 0.717) is 25.3 Å². The number of hydrogen-bond donors (Lipinski definition) is 2. The van der Waals surface area contributed by atoms with Crippen LogP contribution in [0, 0.1) is 20.8 Å². The number of nitrogens with zero attached hydrogens (tertiary/aromatic N) is 1. The van der Waals surface area contributed by atoms with Gasteiger partial charge in [0, 0.05) is 41.8 Å². The average Bonchev–Trinajstić information content (AvgIpc) is 3.26. The summed E-state index contributed by atoms with van der Waals surface area (Å²) in [5, 5.41) is 4.20. The van der Waals surface area contributed by atoms with Crippen LogP contribution in [-0.2, 0) is 4.74 Å². The molecule has 0 radical (unpaired) electrons. The summed E-state index contributed by atoms with van der Waals surface area (Å²) in [7, 11) is 0. The summed E-state index contributed by atoms with van der Waals surface area (Å²) in [5.41, 5.74) is 4.05. The zero-order valence-corrected chi connectivity index (χ0v) is 16.7. The quantitative estimate of drug-likeness (QED) is 0.710. The Morgan fingerprint density at radius 2 is 1.96 bits per heavy atom. The topological polar surface area (TPSA) is 70.5 Å². The van der Waals surface area contributed by atoms with Crippen molar-refractivity contribution in [2.24, 2.45) is 0 Å². The number of benzene rings is 1. The van der Waals surface area contributed by atoms with Crippen molar-refractivity contribution >= 4 is 16.8 Å². The predicted molar refractivity (Wildman–Crippen MR) is 109 cm³/mol. The Hall–Kier alpha value is -2.57. The highest BCUT2D eigenvalue weighted by atomic mass is 16.5. The molecule has 1 aliphatic heterocycles. The van der Waals surface area contributed by atoms with Crippen LogP contribution in [0.3, 0.4) is 0 Å². The number of aromatic nitrogens is 1. The van der Waals surface area contributed by atoms with Gasteiger partial charge in [-0.05, 0) is 56.7 Å². The molecule has 1 amide bonds. The highest BCUT2D eigenvalue weighted by Gasteiger charge is 2.26. The van der Waals surface area contributed by atoms with Crippen molar-refractivity contribution in [2.45, 2.75) is 26.8 Å². The molecule has 28 heavy (non-hydrogen) atoms. The molecule has 1 atom stereocenters. The zero-order valence-electron chi connectivity index (χ0n) is 16.7. The second-order valence-corrected chi connectivity index (χ2v) is 7.46. The van der Waals surface area contributed by atoms with Gasteiger partial charge in [0.1, 0.15) is 11.5 Å². The Labute approximate surface area is 164 Å². The van der Waals surface area contributed by atoms with Gasteiger partial charge in [-0.15, -0.1) is 0 Å². The van der Waals surface area contributed by atoms with Crippen LogP contribution in [0.5, 0.6) is 0 Å². The molecular weight excluding hydrogens is 354 g/mol. The fraction of sp³-hybridized carbons (Fsp3) is 0.409. The number of hydrogen-bond acceptors (Lipinski definition) is 4. The van der Waals surface area contributed by atoms with Crippen LogP contribution < -0.4 is 5.32 Å². The lowest BCUT2D eigenvalue weighted by Crippen LogP contribution is -2.43. The van der Waals surface area contributed by atoms with E-state index in [9.17, 15) is 4.79 Å². The molecule has 3 heterocycles. The van der Waals surface area contributed by atoms with Crippen molar-refractivity contribution in [1.29, 1.82) is 0 Å². The van der Waals surface area contributed by atoms with E-state index >= 15 is 0 Å². The largest absolute Gasteiger partial charge is 0.465 e. The van der Waals surface area contributed by atoms with Gasteiger partial charge in [-0.1, -0.05) is 0 Å². The number of aryl methyl sites for hydroxylation is 3. The van der Waals surface area contributed by atoms with Crippen LogP contribution in [0.1, 0.15) is 39.2 Å². The monoisotopic (exact) mass is 381 g/mol. The van der Waals surface area contributed by atoms with E-state index in [1.54, 1.807) is 0 Å². The lowest BCUT2D eigenvalue weighted by Gasteiger charge is -2.33. The number of amides is 1. The normalized spacial score (nSPS) is 16.4. The Balaban J connectivity index is 1.51. The third kappa shape index (κ3) is 3.70. The van der Waals surface area contributed by atoms with Crippen LogP contribution >= 0.6 is 0 Å². The van der Waals surface area contributed by atoms with Crippen molar-refractivity contribution in [3.05, 3.63) is 58.7 Å². The number of aromatic amines is 1. The number of morpholine rings is 1. The maximum atomic E-state index is 12.8. The van der Waals surface area contributed by atoms with E-state index in [2.05, 4.69) is 22.1 Å². The lowest BCUT2D eigenvalue weighted by molar-refractivity contribution is 0.0117. The fourth-order valence-corrected chi connectivity index (χ4v) is 3.83. The number of carbonyl (C=O) groups is 1. The molecule has 0 spiro atoms. The van der Waals surface area contributed by atoms with Crippen LogP contribution in [-0.4, -0.2) is 48.6 Å². The number of H-pyrrole nitrogens is 1. The number of rotatable bonds is 5. The number of nitrogens with one attached hydrogen (secondary N) is 2. The minimum absolute atomic E-state index is 0.00141. The van der Waals surface area contributed by atoms with Gasteiger partial charge in [-0.25, -0.2) is 0 Å². The Bertz CT molecular complexity index is 982. The number of furan rings is 1. The maximum Gasteiger partial charge on any atom is 0.251 e. The Morgan fingerprint density at radius 1 is 1.18 bits per heavy atom. The molecule has 1 aliphatic rings. The third-order valence-corrected chi connectivity index (χ3v) is 5.60. The molecule has 2 aromatic heterocycles. The highest BCUT2D eigenvalue weighted by molar-refractivity contribution is 5.99. The first-order valence-corrected chi connectivity index (χ1v) is 9.78. The first-order valence-electron chi connectivity index (χ1n) is 9.78. The molecule has 1 unspecified atom stereocenters. The third-order valence-electron chi connectivity index (χ3n) is 5.60. The van der Waals surface area contributed by atoms with E-state index in [-0.39, 0.29) is 11.9 Å². The fourth-order valence-electron chi connectivity index (χ4n) is 3.83. The summed E-state index contributed by atoms with van der Waals surface area (Å²) >= 11 is 0. The van der Waals surface area contributed by atoms with Gasteiger partial charge in [0.05, 0.1) is 19.3 Å². The van der Waals surface area contributed by atoms with Crippen LogP contribution in [0.15, 0.2) is 34.7 Å². The zero-order chi connectivity index (χ0) is 19.7. The number of fused-ring (bicyclic) bond motifs is 1. The van der Waals surface area contributed by atoms with Crippen LogP contribution in [0.25, 0.3) is 10.9 Å². The minimum Gasteiger partial charge on any atom is -0.465 e. The van der Waals surface area contributed by atoms with Crippen molar-refractivity contribution in [3.8, 4) is 0 Å². The van der Waals surface area contributed by atoms with E-state index in [1.165, 1.54) is 5.56 Å². The first-order chi connectivity index (χ1) is 13.5. The summed E-state index contributed by atoms with van der Waals surface area (Å²) < 4.78 is 11.4. The van der Waals surface area contributed by atoms with Gasteiger partial charge >= 0.3 is 0 Å². The molecule has 3 aromatic rings. The number of ether oxygens (including phenoxy) is 1. The molecule has 1 fully saturated rings. The minimum atomic E-state index is -0.0679. The second-order valence-electron chi connectivity index (χ2n) is 7.46. The second kappa shape index (κ2) is 7.81. The molecule has 6 heteroatoms. The SMILES string of the molecule is Cc1ccc(C(CNC(=O)c2ccc3[nH]c(C)c(C)c3c2)N2CCOCC2)o1. The van der Waals surface area contributed by atoms with E-state index < -0.39 is 0 Å². The number of carbonyl (C=O) groups excluding carboxylic acids is 1. The van der Waals surface area contributed by atoms with Crippen LogP contribution in [0.2, 0.25) is 0 Å². The van der Waals surface area contributed by atoms with Crippen LogP contribution in [0.4, 0.5) is 0 Å². The maximum absolute atomic E-state index is 12.8. The van der Waals surface area contributed by atoms with Gasteiger partial charge in [0.2, 0.25) is 0 Å². The van der Waals surface area contributed by atoms with Gasteiger partial charge < -0.3 is 19.5 Å². The van der Waals surface area contributed by atoms with Crippen molar-refractivity contribution in [2.75, 3.05) is 32.8 Å². The Morgan fingerprint density at radius 3 is 2.68 bits per heavy atom. The van der Waals surface area contributed by atoms with Gasteiger partial charge in [-0.2, -0.15) is 0 Å². The summed E-state index contributed by atoms with van der Waals surface area (Å²) in [6.07, 6.45) is 0. The summed E-state index contributed by atoms with van der Waals surface area (Å²) in [6, 6.07) is 9.77. The molecule has 0 aliphatic carbocycles. The smallest absolute Gasteiger partial charge is 0.251 e. The molecule has 6 nitrogen and oxygen atoms in total. The predicted octanol–water partition coefficient (Wildman–Crippen LogP) is 3.49. The summed E-state index contributed by atoms with van der Waals surface area (Å²) in [6.45, 7) is 9.61. The molecule has 1 saturated heterocycles. The Kier molecular flexibility index (Phi) is 5.24.